The molecule has 0 saturated carbocycles. The number of anilines is 1. The van der Waals surface area contributed by atoms with Crippen LogP contribution in [0.3, 0.4) is 0 Å². The zero-order chi connectivity index (χ0) is 23.0. The fourth-order valence-corrected chi connectivity index (χ4v) is 2.67. The van der Waals surface area contributed by atoms with Gasteiger partial charge in [-0.3, -0.25) is 9.69 Å². The first-order valence-corrected chi connectivity index (χ1v) is 9.10. The fourth-order valence-electron chi connectivity index (χ4n) is 2.67. The van der Waals surface area contributed by atoms with E-state index in [1.54, 1.807) is 31.0 Å². The number of rotatable bonds is 10. The van der Waals surface area contributed by atoms with E-state index < -0.39 is 24.6 Å². The molecule has 1 amide bonds. The minimum atomic E-state index is -4.79. The average molecular weight is 448 g/mol. The van der Waals surface area contributed by atoms with Gasteiger partial charge in [0.25, 0.3) is 0 Å². The van der Waals surface area contributed by atoms with Crippen molar-refractivity contribution in [1.82, 2.24) is 4.90 Å². The first kappa shape index (κ1) is 24.2. The summed E-state index contributed by atoms with van der Waals surface area (Å²) in [5, 5.41) is 2.57. The molecule has 0 fully saturated rings. The summed E-state index contributed by atoms with van der Waals surface area (Å²) in [5.41, 5.74) is 1.01. The van der Waals surface area contributed by atoms with E-state index in [1.807, 2.05) is 0 Å². The highest BCUT2D eigenvalue weighted by molar-refractivity contribution is 5.92. The van der Waals surface area contributed by atoms with E-state index >= 15 is 0 Å². The second-order valence-corrected chi connectivity index (χ2v) is 6.39. The van der Waals surface area contributed by atoms with Crippen LogP contribution in [0.5, 0.6) is 17.2 Å². The van der Waals surface area contributed by atoms with Crippen LogP contribution in [0.4, 0.5) is 27.6 Å². The van der Waals surface area contributed by atoms with E-state index in [1.165, 1.54) is 18.2 Å². The number of carbonyl (C=O) groups is 1. The Morgan fingerprint density at radius 2 is 1.77 bits per heavy atom. The third-order valence-electron chi connectivity index (χ3n) is 3.76. The van der Waals surface area contributed by atoms with Gasteiger partial charge < -0.3 is 19.5 Å². The van der Waals surface area contributed by atoms with Crippen molar-refractivity contribution in [3.63, 3.8) is 0 Å². The number of ether oxygens (including phenoxy) is 3. The summed E-state index contributed by atoms with van der Waals surface area (Å²) in [4.78, 5) is 13.8. The topological polar surface area (TPSA) is 60.0 Å². The predicted octanol–water partition coefficient (Wildman–Crippen LogP) is 4.66. The molecule has 2 aromatic rings. The lowest BCUT2D eigenvalue weighted by molar-refractivity contribution is -0.274. The highest BCUT2D eigenvalue weighted by atomic mass is 19.4. The van der Waals surface area contributed by atoms with E-state index in [0.29, 0.717) is 17.8 Å². The molecule has 31 heavy (non-hydrogen) atoms. The van der Waals surface area contributed by atoms with Gasteiger partial charge in [-0.25, -0.2) is 0 Å². The van der Waals surface area contributed by atoms with Gasteiger partial charge in [-0.05, 0) is 55.9 Å². The van der Waals surface area contributed by atoms with E-state index in [2.05, 4.69) is 14.8 Å². The van der Waals surface area contributed by atoms with Crippen molar-refractivity contribution < 1.29 is 41.0 Å². The highest BCUT2D eigenvalue weighted by Gasteiger charge is 2.31. The van der Waals surface area contributed by atoms with Crippen LogP contribution in [0.25, 0.3) is 0 Å². The molecule has 0 saturated heterocycles. The number of nitrogens with one attached hydrogen (secondary N) is 1. The molecule has 0 bridgehead atoms. The van der Waals surface area contributed by atoms with Gasteiger partial charge in [0.1, 0.15) is 5.75 Å². The summed E-state index contributed by atoms with van der Waals surface area (Å²) in [6, 6.07) is 9.24. The summed E-state index contributed by atoms with van der Waals surface area (Å²) in [5.74, 6) is -0.708. The van der Waals surface area contributed by atoms with Crippen LogP contribution >= 0.6 is 0 Å². The Bertz CT molecular complexity index is 860. The van der Waals surface area contributed by atoms with E-state index in [9.17, 15) is 26.7 Å². The van der Waals surface area contributed by atoms with Gasteiger partial charge in [0, 0.05) is 12.2 Å². The molecule has 0 aromatic heterocycles. The van der Waals surface area contributed by atoms with Gasteiger partial charge in [0.05, 0.1) is 13.2 Å². The number of hydrogen-bond donors (Lipinski definition) is 1. The number of alkyl halides is 5. The molecule has 0 aliphatic heterocycles. The number of nitrogens with zero attached hydrogens (tertiary/aromatic N) is 1. The molecule has 0 atom stereocenters. The Labute approximate surface area is 175 Å². The van der Waals surface area contributed by atoms with Crippen molar-refractivity contribution in [3.8, 4) is 17.2 Å². The third-order valence-corrected chi connectivity index (χ3v) is 3.76. The summed E-state index contributed by atoms with van der Waals surface area (Å²) < 4.78 is 75.0. The molecule has 170 valence electrons. The lowest BCUT2D eigenvalue weighted by Gasteiger charge is -2.18. The van der Waals surface area contributed by atoms with E-state index in [0.717, 1.165) is 12.1 Å². The van der Waals surface area contributed by atoms with Crippen LogP contribution in [0, 0.1) is 0 Å². The second-order valence-electron chi connectivity index (χ2n) is 6.39. The van der Waals surface area contributed by atoms with Crippen LogP contribution in [-0.4, -0.2) is 44.0 Å². The smallest absolute Gasteiger partial charge is 0.490 e. The van der Waals surface area contributed by atoms with Crippen molar-refractivity contribution in [2.24, 2.45) is 0 Å². The number of halogens is 5. The van der Waals surface area contributed by atoms with Gasteiger partial charge >= 0.3 is 13.0 Å². The minimum absolute atomic E-state index is 0.0277. The minimum Gasteiger partial charge on any atom is -0.490 e. The fraction of sp³-hybridized carbons (Fsp3) is 0.350. The SMILES string of the molecule is CCOc1cc(CN(C)CC(=O)Nc2ccc(OC(F)(F)F)cc2)ccc1OC(F)F. The number of hydrogen-bond acceptors (Lipinski definition) is 5. The van der Waals surface area contributed by atoms with Crippen LogP contribution in [0.1, 0.15) is 12.5 Å². The van der Waals surface area contributed by atoms with Crippen LogP contribution in [0.2, 0.25) is 0 Å². The zero-order valence-corrected chi connectivity index (χ0v) is 16.7. The number of carbonyl (C=O) groups excluding carboxylic acids is 1. The maximum Gasteiger partial charge on any atom is 0.573 e. The Morgan fingerprint density at radius 1 is 1.10 bits per heavy atom. The van der Waals surface area contributed by atoms with Crippen molar-refractivity contribution >= 4 is 11.6 Å². The Kier molecular flexibility index (Phi) is 8.43. The van der Waals surface area contributed by atoms with Crippen LogP contribution < -0.4 is 19.5 Å². The van der Waals surface area contributed by atoms with Gasteiger partial charge in [0.15, 0.2) is 11.5 Å². The zero-order valence-electron chi connectivity index (χ0n) is 16.7. The highest BCUT2D eigenvalue weighted by Crippen LogP contribution is 2.30. The molecule has 6 nitrogen and oxygen atoms in total. The standard InChI is InChI=1S/C20H21F5N2O4/c1-3-29-17-10-13(4-9-16(17)30-19(21)22)11-27(2)12-18(28)26-14-5-7-15(8-6-14)31-20(23,24)25/h4-10,19H,3,11-12H2,1-2H3,(H,26,28). The van der Waals surface area contributed by atoms with E-state index in [-0.39, 0.29) is 24.7 Å². The first-order valence-electron chi connectivity index (χ1n) is 9.10. The Morgan fingerprint density at radius 3 is 2.35 bits per heavy atom. The number of benzene rings is 2. The molecule has 0 aliphatic rings. The van der Waals surface area contributed by atoms with Crippen molar-refractivity contribution in [3.05, 3.63) is 48.0 Å². The third kappa shape index (κ3) is 8.67. The molecule has 0 heterocycles. The van der Waals surface area contributed by atoms with Crippen molar-refractivity contribution in [2.75, 3.05) is 25.5 Å². The molecule has 0 spiro atoms. The lowest BCUT2D eigenvalue weighted by atomic mass is 10.2. The Hall–Kier alpha value is -3.08. The molecular weight excluding hydrogens is 427 g/mol. The second kappa shape index (κ2) is 10.8. The largest absolute Gasteiger partial charge is 0.573 e. The summed E-state index contributed by atoms with van der Waals surface area (Å²) in [6.45, 7) is -0.739. The van der Waals surface area contributed by atoms with Crippen LogP contribution in [-0.2, 0) is 11.3 Å². The van der Waals surface area contributed by atoms with E-state index in [4.69, 9.17) is 4.74 Å². The molecule has 2 rings (SSSR count). The molecular formula is C20H21F5N2O4. The summed E-state index contributed by atoms with van der Waals surface area (Å²) in [6.07, 6.45) is -4.79. The maximum atomic E-state index is 12.5. The van der Waals surface area contributed by atoms with Crippen molar-refractivity contribution in [2.45, 2.75) is 26.4 Å². The molecule has 0 unspecified atom stereocenters. The molecule has 2 aromatic carbocycles. The maximum absolute atomic E-state index is 12.5. The predicted molar refractivity (Wildman–Crippen MR) is 102 cm³/mol. The lowest BCUT2D eigenvalue weighted by Crippen LogP contribution is -2.29. The molecule has 0 aliphatic carbocycles. The summed E-state index contributed by atoms with van der Waals surface area (Å²) >= 11 is 0. The Balaban J connectivity index is 1.92. The first-order chi connectivity index (χ1) is 14.6. The van der Waals surface area contributed by atoms with Gasteiger partial charge in [-0.1, -0.05) is 6.07 Å². The monoisotopic (exact) mass is 448 g/mol. The molecule has 11 heteroatoms. The average Bonchev–Trinajstić information content (AvgIpc) is 2.64. The number of likely N-dealkylation sites (N-methyl/N-ethyl adjacent to an activating group) is 1. The van der Waals surface area contributed by atoms with Gasteiger partial charge in [-0.2, -0.15) is 8.78 Å². The van der Waals surface area contributed by atoms with Gasteiger partial charge in [0.2, 0.25) is 5.91 Å². The molecule has 0 radical (unpaired) electrons. The summed E-state index contributed by atoms with van der Waals surface area (Å²) in [7, 11) is 1.67. The van der Waals surface area contributed by atoms with Crippen molar-refractivity contribution in [1.29, 1.82) is 0 Å². The van der Waals surface area contributed by atoms with Gasteiger partial charge in [-0.15, -0.1) is 13.2 Å². The molecule has 1 N–H and O–H groups in total. The number of amides is 1. The quantitative estimate of drug-likeness (QED) is 0.536. The van der Waals surface area contributed by atoms with Crippen LogP contribution in [0.15, 0.2) is 42.5 Å². The normalized spacial score (nSPS) is 11.5.